The van der Waals surface area contributed by atoms with E-state index >= 15 is 0 Å². The van der Waals surface area contributed by atoms with Gasteiger partial charge in [-0.1, -0.05) is 12.1 Å². The molecule has 0 bridgehead atoms. The molecule has 0 fully saturated rings. The lowest BCUT2D eigenvalue weighted by molar-refractivity contribution is -0.119. The Morgan fingerprint density at radius 1 is 1.11 bits per heavy atom. The molecule has 0 aliphatic carbocycles. The standard InChI is InChI=1S/C14H16N2O3/c1-15(2)9-10(17)7-8-16-13(18)11-5-3-4-6-12(11)14(16)19/h3-6H,7-9H2,1-2H3. The summed E-state index contributed by atoms with van der Waals surface area (Å²) in [7, 11) is 3.61. The maximum atomic E-state index is 12.0. The molecule has 0 saturated carbocycles. The summed E-state index contributed by atoms with van der Waals surface area (Å²) in [5.41, 5.74) is 0.847. The van der Waals surface area contributed by atoms with Crippen LogP contribution < -0.4 is 0 Å². The van der Waals surface area contributed by atoms with Crippen LogP contribution in [0.5, 0.6) is 0 Å². The number of hydrogen-bond donors (Lipinski definition) is 0. The number of imide groups is 1. The maximum absolute atomic E-state index is 12.0. The van der Waals surface area contributed by atoms with E-state index in [-0.39, 0.29) is 30.6 Å². The number of ketones is 1. The molecule has 0 N–H and O–H groups in total. The van der Waals surface area contributed by atoms with Crippen molar-refractivity contribution in [3.8, 4) is 0 Å². The Labute approximate surface area is 111 Å². The van der Waals surface area contributed by atoms with Crippen molar-refractivity contribution in [1.29, 1.82) is 0 Å². The van der Waals surface area contributed by atoms with Gasteiger partial charge in [0.2, 0.25) is 0 Å². The third kappa shape index (κ3) is 2.71. The summed E-state index contributed by atoms with van der Waals surface area (Å²) in [6, 6.07) is 6.73. The Morgan fingerprint density at radius 2 is 1.63 bits per heavy atom. The van der Waals surface area contributed by atoms with Crippen LogP contribution in [0.3, 0.4) is 0 Å². The van der Waals surface area contributed by atoms with Gasteiger partial charge in [-0.15, -0.1) is 0 Å². The first-order valence-electron chi connectivity index (χ1n) is 6.12. The van der Waals surface area contributed by atoms with Crippen molar-refractivity contribution in [3.63, 3.8) is 0 Å². The predicted octanol–water partition coefficient (Wildman–Crippen LogP) is 0.803. The summed E-state index contributed by atoms with van der Waals surface area (Å²) >= 11 is 0. The largest absolute Gasteiger partial charge is 0.302 e. The van der Waals surface area contributed by atoms with E-state index in [4.69, 9.17) is 0 Å². The number of rotatable bonds is 5. The van der Waals surface area contributed by atoms with Gasteiger partial charge in [-0.25, -0.2) is 0 Å². The molecule has 2 amide bonds. The predicted molar refractivity (Wildman–Crippen MR) is 70.0 cm³/mol. The van der Waals surface area contributed by atoms with Crippen LogP contribution in [0.1, 0.15) is 27.1 Å². The lowest BCUT2D eigenvalue weighted by Gasteiger charge is -2.14. The average Bonchev–Trinajstić information content (AvgIpc) is 2.60. The Kier molecular flexibility index (Phi) is 3.76. The van der Waals surface area contributed by atoms with Gasteiger partial charge in [0.05, 0.1) is 17.7 Å². The molecule has 0 aromatic heterocycles. The minimum Gasteiger partial charge on any atom is -0.302 e. The minimum atomic E-state index is -0.307. The molecule has 1 aliphatic heterocycles. The van der Waals surface area contributed by atoms with E-state index in [9.17, 15) is 14.4 Å². The van der Waals surface area contributed by atoms with Crippen LogP contribution >= 0.6 is 0 Å². The van der Waals surface area contributed by atoms with E-state index in [0.29, 0.717) is 17.7 Å². The molecule has 0 radical (unpaired) electrons. The molecule has 1 aromatic rings. The molecule has 5 nitrogen and oxygen atoms in total. The Bertz CT molecular complexity index is 502. The Balaban J connectivity index is 2.03. The SMILES string of the molecule is CN(C)CC(=O)CCN1C(=O)c2ccccc2C1=O. The monoisotopic (exact) mass is 260 g/mol. The van der Waals surface area contributed by atoms with E-state index in [2.05, 4.69) is 0 Å². The van der Waals surface area contributed by atoms with Crippen molar-refractivity contribution in [2.75, 3.05) is 27.2 Å². The summed E-state index contributed by atoms with van der Waals surface area (Å²) in [4.78, 5) is 38.6. The van der Waals surface area contributed by atoms with E-state index in [1.165, 1.54) is 0 Å². The highest BCUT2D eigenvalue weighted by atomic mass is 16.2. The number of likely N-dealkylation sites (N-methyl/N-ethyl adjacent to an activating group) is 1. The van der Waals surface area contributed by atoms with Crippen LogP contribution in [0, 0.1) is 0 Å². The number of amides is 2. The molecule has 0 spiro atoms. The lowest BCUT2D eigenvalue weighted by Crippen LogP contribution is -2.33. The number of benzene rings is 1. The van der Waals surface area contributed by atoms with Crippen LogP contribution in [-0.4, -0.2) is 54.6 Å². The zero-order valence-electron chi connectivity index (χ0n) is 11.0. The first-order valence-corrected chi connectivity index (χ1v) is 6.12. The van der Waals surface area contributed by atoms with Gasteiger partial charge in [0, 0.05) is 13.0 Å². The quantitative estimate of drug-likeness (QED) is 0.735. The zero-order valence-corrected chi connectivity index (χ0v) is 11.0. The van der Waals surface area contributed by atoms with E-state index < -0.39 is 0 Å². The number of nitrogens with zero attached hydrogens (tertiary/aromatic N) is 2. The molecule has 100 valence electrons. The van der Waals surface area contributed by atoms with Crippen molar-refractivity contribution < 1.29 is 14.4 Å². The van der Waals surface area contributed by atoms with Crippen molar-refractivity contribution >= 4 is 17.6 Å². The molecule has 1 heterocycles. The second-order valence-corrected chi connectivity index (χ2v) is 4.83. The fourth-order valence-electron chi connectivity index (χ4n) is 2.11. The second-order valence-electron chi connectivity index (χ2n) is 4.83. The summed E-state index contributed by atoms with van der Waals surface area (Å²) in [5.74, 6) is -0.599. The molecule has 5 heteroatoms. The third-order valence-electron chi connectivity index (χ3n) is 2.99. The van der Waals surface area contributed by atoms with Crippen molar-refractivity contribution in [2.45, 2.75) is 6.42 Å². The molecule has 2 rings (SSSR count). The van der Waals surface area contributed by atoms with Gasteiger partial charge in [-0.05, 0) is 26.2 Å². The summed E-state index contributed by atoms with van der Waals surface area (Å²) in [5, 5.41) is 0. The fourth-order valence-corrected chi connectivity index (χ4v) is 2.11. The molecule has 0 unspecified atom stereocenters. The van der Waals surface area contributed by atoms with E-state index in [0.717, 1.165) is 4.90 Å². The topological polar surface area (TPSA) is 57.7 Å². The van der Waals surface area contributed by atoms with Gasteiger partial charge in [-0.3, -0.25) is 19.3 Å². The van der Waals surface area contributed by atoms with Gasteiger partial charge in [0.1, 0.15) is 5.78 Å². The van der Waals surface area contributed by atoms with Crippen molar-refractivity contribution in [1.82, 2.24) is 9.80 Å². The number of carbonyl (C=O) groups excluding carboxylic acids is 3. The zero-order chi connectivity index (χ0) is 14.0. The van der Waals surface area contributed by atoms with Crippen LogP contribution in [0.25, 0.3) is 0 Å². The highest BCUT2D eigenvalue weighted by molar-refractivity contribution is 6.21. The normalized spacial score (nSPS) is 14.2. The highest BCUT2D eigenvalue weighted by Gasteiger charge is 2.34. The van der Waals surface area contributed by atoms with Crippen LogP contribution in [0.2, 0.25) is 0 Å². The number of fused-ring (bicyclic) bond motifs is 1. The molecule has 0 atom stereocenters. The molecule has 19 heavy (non-hydrogen) atoms. The molecule has 0 saturated heterocycles. The second kappa shape index (κ2) is 5.32. The maximum Gasteiger partial charge on any atom is 0.261 e. The highest BCUT2D eigenvalue weighted by Crippen LogP contribution is 2.22. The molecule has 1 aromatic carbocycles. The van der Waals surface area contributed by atoms with Crippen LogP contribution in [0.4, 0.5) is 0 Å². The Hall–Kier alpha value is -2.01. The number of carbonyl (C=O) groups is 3. The summed E-state index contributed by atoms with van der Waals surface area (Å²) in [6.45, 7) is 0.474. The molecular formula is C14H16N2O3. The van der Waals surface area contributed by atoms with Crippen LogP contribution in [-0.2, 0) is 4.79 Å². The minimum absolute atomic E-state index is 0.0153. The van der Waals surface area contributed by atoms with E-state index in [1.54, 1.807) is 43.3 Å². The van der Waals surface area contributed by atoms with Gasteiger partial charge < -0.3 is 4.90 Å². The number of hydrogen-bond acceptors (Lipinski definition) is 4. The first-order chi connectivity index (χ1) is 9.00. The molecule has 1 aliphatic rings. The van der Waals surface area contributed by atoms with E-state index in [1.807, 2.05) is 0 Å². The van der Waals surface area contributed by atoms with Gasteiger partial charge in [0.15, 0.2) is 0 Å². The van der Waals surface area contributed by atoms with Crippen molar-refractivity contribution in [2.24, 2.45) is 0 Å². The summed E-state index contributed by atoms with van der Waals surface area (Å²) in [6.07, 6.45) is 0.198. The number of Topliss-reactive ketones (excluding diaryl/α,β-unsaturated/α-hetero) is 1. The smallest absolute Gasteiger partial charge is 0.261 e. The third-order valence-corrected chi connectivity index (χ3v) is 2.99. The fraction of sp³-hybridized carbons (Fsp3) is 0.357. The van der Waals surface area contributed by atoms with Crippen LogP contribution in [0.15, 0.2) is 24.3 Å². The Morgan fingerprint density at radius 3 is 2.11 bits per heavy atom. The van der Waals surface area contributed by atoms with Gasteiger partial charge in [0.25, 0.3) is 11.8 Å². The average molecular weight is 260 g/mol. The summed E-state index contributed by atoms with van der Waals surface area (Å²) < 4.78 is 0. The van der Waals surface area contributed by atoms with Gasteiger partial charge in [-0.2, -0.15) is 0 Å². The molecular weight excluding hydrogens is 244 g/mol. The van der Waals surface area contributed by atoms with Gasteiger partial charge >= 0.3 is 0 Å². The van der Waals surface area contributed by atoms with Crippen molar-refractivity contribution in [3.05, 3.63) is 35.4 Å². The lowest BCUT2D eigenvalue weighted by atomic mass is 10.1. The first kappa shape index (κ1) is 13.4.